The minimum atomic E-state index is -0.890. The molecule has 1 fully saturated rings. The van der Waals surface area contributed by atoms with Crippen LogP contribution in [0, 0.1) is 16.0 Å². The van der Waals surface area contributed by atoms with Crippen molar-refractivity contribution in [2.24, 2.45) is 5.92 Å². The van der Waals surface area contributed by atoms with Gasteiger partial charge in [0.1, 0.15) is 0 Å². The largest absolute Gasteiger partial charge is 0.481 e. The predicted octanol–water partition coefficient (Wildman–Crippen LogP) is 2.50. The summed E-state index contributed by atoms with van der Waals surface area (Å²) in [6, 6.07) is 6.30. The minimum absolute atomic E-state index is 0.0129. The van der Waals surface area contributed by atoms with Crippen LogP contribution in [0.25, 0.3) is 0 Å². The molecule has 0 aromatic heterocycles. The molecule has 1 aliphatic carbocycles. The summed E-state index contributed by atoms with van der Waals surface area (Å²) in [5, 5.41) is 22.7. The molecule has 8 nitrogen and oxygen atoms in total. The molecule has 1 amide bonds. The highest BCUT2D eigenvalue weighted by molar-refractivity contribution is 5.78. The van der Waals surface area contributed by atoms with E-state index in [2.05, 4.69) is 5.32 Å². The van der Waals surface area contributed by atoms with Crippen molar-refractivity contribution in [3.8, 4) is 0 Å². The maximum absolute atomic E-state index is 12.3. The van der Waals surface area contributed by atoms with Gasteiger partial charge in [0.2, 0.25) is 5.91 Å². The summed E-state index contributed by atoms with van der Waals surface area (Å²) >= 11 is 0. The van der Waals surface area contributed by atoms with Crippen LogP contribution in [0.2, 0.25) is 0 Å². The number of non-ortho nitro benzene ring substituents is 1. The van der Waals surface area contributed by atoms with Crippen LogP contribution in [0.5, 0.6) is 0 Å². The summed E-state index contributed by atoms with van der Waals surface area (Å²) < 4.78 is 0. The van der Waals surface area contributed by atoms with Gasteiger partial charge in [-0.25, -0.2) is 0 Å². The molecule has 1 unspecified atom stereocenters. The zero-order valence-corrected chi connectivity index (χ0v) is 14.2. The number of rotatable bonds is 10. The number of hydrogen-bond donors (Lipinski definition) is 2. The van der Waals surface area contributed by atoms with Crippen LogP contribution in [-0.4, -0.2) is 45.9 Å². The number of carbonyl (C=O) groups is 2. The molecule has 136 valence electrons. The van der Waals surface area contributed by atoms with Crippen LogP contribution in [0.3, 0.4) is 0 Å². The fourth-order valence-corrected chi connectivity index (χ4v) is 2.53. The monoisotopic (exact) mass is 349 g/mol. The van der Waals surface area contributed by atoms with Crippen molar-refractivity contribution in [3.05, 3.63) is 34.4 Å². The van der Waals surface area contributed by atoms with E-state index >= 15 is 0 Å². The average molecular weight is 349 g/mol. The van der Waals surface area contributed by atoms with Crippen molar-refractivity contribution < 1.29 is 19.6 Å². The average Bonchev–Trinajstić information content (AvgIpc) is 3.41. The molecular weight excluding hydrogens is 326 g/mol. The molecule has 1 saturated carbocycles. The summed E-state index contributed by atoms with van der Waals surface area (Å²) in [4.78, 5) is 35.2. The number of anilines is 1. The van der Waals surface area contributed by atoms with E-state index in [1.165, 1.54) is 12.1 Å². The van der Waals surface area contributed by atoms with Crippen LogP contribution < -0.4 is 5.32 Å². The van der Waals surface area contributed by atoms with Crippen molar-refractivity contribution in [1.82, 2.24) is 4.90 Å². The van der Waals surface area contributed by atoms with Gasteiger partial charge in [0.25, 0.3) is 5.69 Å². The van der Waals surface area contributed by atoms with Crippen LogP contribution in [-0.2, 0) is 9.59 Å². The van der Waals surface area contributed by atoms with Crippen molar-refractivity contribution in [1.29, 1.82) is 0 Å². The molecule has 0 saturated heterocycles. The molecule has 1 aromatic rings. The SMILES string of the molecule is CC(CN(C(=O)CCCNc1ccc([N+](=O)[O-])cc1)C1CC1)C(=O)O. The molecule has 0 aliphatic heterocycles. The molecule has 25 heavy (non-hydrogen) atoms. The molecule has 1 aromatic carbocycles. The normalized spacial score (nSPS) is 14.6. The molecule has 0 spiro atoms. The van der Waals surface area contributed by atoms with E-state index in [0.29, 0.717) is 19.4 Å². The van der Waals surface area contributed by atoms with E-state index in [4.69, 9.17) is 5.11 Å². The summed E-state index contributed by atoms with van der Waals surface area (Å²) in [7, 11) is 0. The Morgan fingerprint density at radius 2 is 2.00 bits per heavy atom. The van der Waals surface area contributed by atoms with E-state index in [1.54, 1.807) is 24.0 Å². The second-order valence-corrected chi connectivity index (χ2v) is 6.35. The summed E-state index contributed by atoms with van der Waals surface area (Å²) in [5.41, 5.74) is 0.796. The Balaban J connectivity index is 1.75. The molecule has 0 heterocycles. The quantitative estimate of drug-likeness (QED) is 0.381. The highest BCUT2D eigenvalue weighted by atomic mass is 16.6. The second kappa shape index (κ2) is 8.46. The van der Waals surface area contributed by atoms with Crippen LogP contribution in [0.15, 0.2) is 24.3 Å². The number of nitro benzene ring substituents is 1. The molecular formula is C17H23N3O5. The van der Waals surface area contributed by atoms with Gasteiger partial charge < -0.3 is 15.3 Å². The molecule has 8 heteroatoms. The van der Waals surface area contributed by atoms with Gasteiger partial charge in [-0.3, -0.25) is 19.7 Å². The lowest BCUT2D eigenvalue weighted by Gasteiger charge is -2.24. The first-order valence-electron chi connectivity index (χ1n) is 8.39. The first kappa shape index (κ1) is 18.7. The Labute approximate surface area is 146 Å². The maximum Gasteiger partial charge on any atom is 0.308 e. The Morgan fingerprint density at radius 3 is 2.52 bits per heavy atom. The van der Waals surface area contributed by atoms with Gasteiger partial charge in [0.05, 0.1) is 10.8 Å². The van der Waals surface area contributed by atoms with E-state index in [9.17, 15) is 19.7 Å². The maximum atomic E-state index is 12.3. The van der Waals surface area contributed by atoms with E-state index in [1.807, 2.05) is 0 Å². The number of nitro groups is 1. The van der Waals surface area contributed by atoms with Gasteiger partial charge >= 0.3 is 5.97 Å². The van der Waals surface area contributed by atoms with Gasteiger partial charge in [-0.05, 0) is 31.4 Å². The second-order valence-electron chi connectivity index (χ2n) is 6.35. The van der Waals surface area contributed by atoms with Crippen LogP contribution in [0.1, 0.15) is 32.6 Å². The van der Waals surface area contributed by atoms with Gasteiger partial charge in [-0.2, -0.15) is 0 Å². The van der Waals surface area contributed by atoms with Crippen LogP contribution in [0.4, 0.5) is 11.4 Å². The smallest absolute Gasteiger partial charge is 0.308 e. The number of carboxylic acids is 1. The van der Waals surface area contributed by atoms with Crippen LogP contribution >= 0.6 is 0 Å². The van der Waals surface area contributed by atoms with Gasteiger partial charge in [0.15, 0.2) is 0 Å². The number of carboxylic acid groups (broad SMARTS) is 1. The van der Waals surface area contributed by atoms with E-state index < -0.39 is 16.8 Å². The Morgan fingerprint density at radius 1 is 1.36 bits per heavy atom. The fraction of sp³-hybridized carbons (Fsp3) is 0.529. The fourth-order valence-electron chi connectivity index (χ4n) is 2.53. The molecule has 1 aliphatic rings. The Bertz CT molecular complexity index is 628. The molecule has 1 atom stereocenters. The molecule has 0 bridgehead atoms. The standard InChI is InChI=1S/C17H23N3O5/c1-12(17(22)23)11-19(14-8-9-14)16(21)3-2-10-18-13-4-6-15(7-5-13)20(24)25/h4-7,12,14,18H,2-3,8-11H2,1H3,(H,22,23). The minimum Gasteiger partial charge on any atom is -0.481 e. The lowest BCUT2D eigenvalue weighted by atomic mass is 10.1. The molecule has 2 rings (SSSR count). The number of hydrogen-bond acceptors (Lipinski definition) is 5. The number of benzene rings is 1. The highest BCUT2D eigenvalue weighted by Crippen LogP contribution is 2.28. The van der Waals surface area contributed by atoms with Crippen molar-refractivity contribution in [2.75, 3.05) is 18.4 Å². The van der Waals surface area contributed by atoms with Gasteiger partial charge in [-0.1, -0.05) is 6.92 Å². The predicted molar refractivity (Wildman–Crippen MR) is 92.4 cm³/mol. The number of nitrogens with zero attached hydrogens (tertiary/aromatic N) is 2. The third kappa shape index (κ3) is 5.74. The zero-order valence-electron chi connectivity index (χ0n) is 14.2. The van der Waals surface area contributed by atoms with Crippen molar-refractivity contribution >= 4 is 23.3 Å². The van der Waals surface area contributed by atoms with E-state index in [0.717, 1.165) is 18.5 Å². The van der Waals surface area contributed by atoms with E-state index in [-0.39, 0.29) is 24.2 Å². The first-order chi connectivity index (χ1) is 11.9. The number of aliphatic carboxylic acids is 1. The molecule has 0 radical (unpaired) electrons. The van der Waals surface area contributed by atoms with Crippen molar-refractivity contribution in [2.45, 2.75) is 38.6 Å². The summed E-state index contributed by atoms with van der Waals surface area (Å²) in [6.07, 6.45) is 2.85. The molecule has 2 N–H and O–H groups in total. The van der Waals surface area contributed by atoms with Gasteiger partial charge in [0, 0.05) is 43.4 Å². The summed E-state index contributed by atoms with van der Waals surface area (Å²) in [6.45, 7) is 2.44. The topological polar surface area (TPSA) is 113 Å². The van der Waals surface area contributed by atoms with Gasteiger partial charge in [-0.15, -0.1) is 0 Å². The zero-order chi connectivity index (χ0) is 18.4. The number of amides is 1. The van der Waals surface area contributed by atoms with Crippen molar-refractivity contribution in [3.63, 3.8) is 0 Å². The third-order valence-electron chi connectivity index (χ3n) is 4.17. The summed E-state index contributed by atoms with van der Waals surface area (Å²) in [5.74, 6) is -1.47. The first-order valence-corrected chi connectivity index (χ1v) is 8.39. The Hall–Kier alpha value is -2.64. The third-order valence-corrected chi connectivity index (χ3v) is 4.17. The Kier molecular flexibility index (Phi) is 6.32. The number of nitrogens with one attached hydrogen (secondary N) is 1. The number of carbonyl (C=O) groups excluding carboxylic acids is 1. The lowest BCUT2D eigenvalue weighted by molar-refractivity contribution is -0.384. The lowest BCUT2D eigenvalue weighted by Crippen LogP contribution is -2.38. The highest BCUT2D eigenvalue weighted by Gasteiger charge is 2.33.